The third-order valence-corrected chi connectivity index (χ3v) is 3.56. The van der Waals surface area contributed by atoms with Crippen molar-refractivity contribution in [1.29, 1.82) is 0 Å². The van der Waals surface area contributed by atoms with Crippen LogP contribution in [0.15, 0.2) is 6.33 Å². The normalized spacial score (nSPS) is 23.9. The summed E-state index contributed by atoms with van der Waals surface area (Å²) in [5.74, 6) is 1.53. The molecule has 2 rings (SSSR count). The summed E-state index contributed by atoms with van der Waals surface area (Å²) in [5.41, 5.74) is 0.488. The predicted octanol–water partition coefficient (Wildman–Crippen LogP) is 3.03. The summed E-state index contributed by atoms with van der Waals surface area (Å²) in [5, 5.41) is 3.12. The molecular formula is C13H20FN3. The lowest BCUT2D eigenvalue weighted by atomic mass is 10.1. The maximum atomic E-state index is 13.8. The molecule has 0 aromatic carbocycles. The van der Waals surface area contributed by atoms with E-state index in [9.17, 15) is 4.39 Å². The zero-order valence-corrected chi connectivity index (χ0v) is 10.5. The standard InChI is InChI=1S/C13H20FN3/c1-3-11-12(14)13(17-8-16-11)15-7-10-5-4-9(2)6-10/h8-10H,3-7H2,1-2H3,(H,15,16,17). The number of hydrogen-bond acceptors (Lipinski definition) is 3. The third-order valence-electron chi connectivity index (χ3n) is 3.56. The Labute approximate surface area is 102 Å². The number of nitrogens with one attached hydrogen (secondary N) is 1. The Morgan fingerprint density at radius 2 is 2.24 bits per heavy atom. The average molecular weight is 237 g/mol. The second-order valence-electron chi connectivity index (χ2n) is 5.00. The molecule has 0 aliphatic heterocycles. The van der Waals surface area contributed by atoms with Gasteiger partial charge >= 0.3 is 0 Å². The summed E-state index contributed by atoms with van der Waals surface area (Å²) in [4.78, 5) is 7.89. The Bertz CT molecular complexity index is 381. The fourth-order valence-electron chi connectivity index (χ4n) is 2.53. The van der Waals surface area contributed by atoms with Crippen LogP contribution in [0.1, 0.15) is 38.8 Å². The van der Waals surface area contributed by atoms with E-state index in [4.69, 9.17) is 0 Å². The minimum absolute atomic E-state index is 0.291. The lowest BCUT2D eigenvalue weighted by Gasteiger charge is -2.12. The van der Waals surface area contributed by atoms with Crippen molar-refractivity contribution < 1.29 is 4.39 Å². The Balaban J connectivity index is 1.95. The molecule has 1 N–H and O–H groups in total. The van der Waals surface area contributed by atoms with Crippen LogP contribution in [0.25, 0.3) is 0 Å². The molecule has 0 bridgehead atoms. The molecule has 2 unspecified atom stereocenters. The minimum atomic E-state index is -0.291. The third kappa shape index (κ3) is 2.93. The first kappa shape index (κ1) is 12.3. The molecule has 0 radical (unpaired) electrons. The van der Waals surface area contributed by atoms with Crippen molar-refractivity contribution in [3.05, 3.63) is 17.8 Å². The molecule has 17 heavy (non-hydrogen) atoms. The van der Waals surface area contributed by atoms with Gasteiger partial charge in [0, 0.05) is 6.54 Å². The van der Waals surface area contributed by atoms with Gasteiger partial charge in [0.05, 0.1) is 5.69 Å². The van der Waals surface area contributed by atoms with Crippen molar-refractivity contribution in [2.24, 2.45) is 11.8 Å². The fraction of sp³-hybridized carbons (Fsp3) is 0.692. The van der Waals surface area contributed by atoms with Crippen molar-refractivity contribution in [2.75, 3.05) is 11.9 Å². The highest BCUT2D eigenvalue weighted by atomic mass is 19.1. The SMILES string of the molecule is CCc1ncnc(NCC2CCC(C)C2)c1F. The maximum absolute atomic E-state index is 13.8. The number of nitrogens with zero attached hydrogens (tertiary/aromatic N) is 2. The van der Waals surface area contributed by atoms with E-state index in [2.05, 4.69) is 22.2 Å². The Hall–Kier alpha value is -1.19. The fourth-order valence-corrected chi connectivity index (χ4v) is 2.53. The van der Waals surface area contributed by atoms with Gasteiger partial charge in [-0.1, -0.05) is 20.3 Å². The molecule has 3 nitrogen and oxygen atoms in total. The molecule has 0 spiro atoms. The number of aromatic nitrogens is 2. The molecule has 1 heterocycles. The van der Waals surface area contributed by atoms with Crippen molar-refractivity contribution >= 4 is 5.82 Å². The van der Waals surface area contributed by atoms with Crippen LogP contribution < -0.4 is 5.32 Å². The largest absolute Gasteiger partial charge is 0.367 e. The van der Waals surface area contributed by atoms with Gasteiger partial charge in [-0.3, -0.25) is 0 Å². The molecule has 1 aliphatic rings. The molecule has 1 aliphatic carbocycles. The lowest BCUT2D eigenvalue weighted by molar-refractivity contribution is 0.532. The summed E-state index contributed by atoms with van der Waals surface area (Å²) in [7, 11) is 0. The van der Waals surface area contributed by atoms with Crippen molar-refractivity contribution in [1.82, 2.24) is 9.97 Å². The summed E-state index contributed by atoms with van der Waals surface area (Å²) < 4.78 is 13.8. The summed E-state index contributed by atoms with van der Waals surface area (Å²) >= 11 is 0. The van der Waals surface area contributed by atoms with E-state index in [1.54, 1.807) is 0 Å². The molecule has 1 fully saturated rings. The van der Waals surface area contributed by atoms with E-state index >= 15 is 0 Å². The minimum Gasteiger partial charge on any atom is -0.367 e. The summed E-state index contributed by atoms with van der Waals surface area (Å²) in [6, 6.07) is 0. The van der Waals surface area contributed by atoms with E-state index in [0.717, 1.165) is 12.5 Å². The monoisotopic (exact) mass is 237 g/mol. The second-order valence-corrected chi connectivity index (χ2v) is 5.00. The molecule has 1 saturated carbocycles. The molecule has 94 valence electrons. The number of aryl methyl sites for hydroxylation is 1. The summed E-state index contributed by atoms with van der Waals surface area (Å²) in [6.45, 7) is 5.00. The lowest BCUT2D eigenvalue weighted by Crippen LogP contribution is -2.14. The van der Waals surface area contributed by atoms with Crippen LogP contribution in [0.2, 0.25) is 0 Å². The van der Waals surface area contributed by atoms with E-state index in [1.807, 2.05) is 6.92 Å². The molecule has 1 aromatic heterocycles. The summed E-state index contributed by atoms with van der Waals surface area (Å²) in [6.07, 6.45) is 5.80. The molecular weight excluding hydrogens is 217 g/mol. The number of halogens is 1. The van der Waals surface area contributed by atoms with Gasteiger partial charge in [-0.25, -0.2) is 14.4 Å². The number of hydrogen-bond donors (Lipinski definition) is 1. The van der Waals surface area contributed by atoms with Gasteiger partial charge in [0.15, 0.2) is 11.6 Å². The van der Waals surface area contributed by atoms with Crippen LogP contribution in [-0.2, 0) is 6.42 Å². The van der Waals surface area contributed by atoms with Crippen molar-refractivity contribution in [3.63, 3.8) is 0 Å². The Morgan fingerprint density at radius 3 is 2.88 bits per heavy atom. The highest BCUT2D eigenvalue weighted by Crippen LogP contribution is 2.30. The van der Waals surface area contributed by atoms with E-state index < -0.39 is 0 Å². The van der Waals surface area contributed by atoms with Gasteiger partial charge in [-0.15, -0.1) is 0 Å². The molecule has 2 atom stereocenters. The van der Waals surface area contributed by atoms with E-state index in [1.165, 1.54) is 25.6 Å². The Kier molecular flexibility index (Phi) is 3.92. The van der Waals surface area contributed by atoms with Crippen molar-refractivity contribution in [3.8, 4) is 0 Å². The average Bonchev–Trinajstić information content (AvgIpc) is 2.74. The molecule has 0 saturated heterocycles. The molecule has 1 aromatic rings. The first-order valence-corrected chi connectivity index (χ1v) is 6.44. The zero-order valence-electron chi connectivity index (χ0n) is 10.5. The maximum Gasteiger partial charge on any atom is 0.186 e. The molecule has 0 amide bonds. The predicted molar refractivity (Wildman–Crippen MR) is 66.4 cm³/mol. The van der Waals surface area contributed by atoms with Gasteiger partial charge < -0.3 is 5.32 Å². The highest BCUT2D eigenvalue weighted by Gasteiger charge is 2.21. The van der Waals surface area contributed by atoms with Crippen molar-refractivity contribution in [2.45, 2.75) is 39.5 Å². The topological polar surface area (TPSA) is 37.8 Å². The van der Waals surface area contributed by atoms with Gasteiger partial charge in [-0.05, 0) is 31.1 Å². The van der Waals surface area contributed by atoms with Crippen LogP contribution in [0.4, 0.5) is 10.2 Å². The van der Waals surface area contributed by atoms with Crippen LogP contribution in [0.3, 0.4) is 0 Å². The number of anilines is 1. The first-order chi connectivity index (χ1) is 8.20. The van der Waals surface area contributed by atoms with E-state index in [0.29, 0.717) is 23.9 Å². The van der Waals surface area contributed by atoms with Gasteiger partial charge in [-0.2, -0.15) is 0 Å². The van der Waals surface area contributed by atoms with Crippen LogP contribution in [0.5, 0.6) is 0 Å². The highest BCUT2D eigenvalue weighted by molar-refractivity contribution is 5.37. The van der Waals surface area contributed by atoms with E-state index in [-0.39, 0.29) is 5.82 Å². The van der Waals surface area contributed by atoms with Crippen LogP contribution >= 0.6 is 0 Å². The van der Waals surface area contributed by atoms with Crippen LogP contribution in [0, 0.1) is 17.7 Å². The second kappa shape index (κ2) is 5.43. The number of rotatable bonds is 4. The van der Waals surface area contributed by atoms with Gasteiger partial charge in [0.1, 0.15) is 6.33 Å². The first-order valence-electron chi connectivity index (χ1n) is 6.44. The smallest absolute Gasteiger partial charge is 0.186 e. The zero-order chi connectivity index (χ0) is 12.3. The quantitative estimate of drug-likeness (QED) is 0.874. The van der Waals surface area contributed by atoms with Gasteiger partial charge in [0.25, 0.3) is 0 Å². The van der Waals surface area contributed by atoms with Crippen LogP contribution in [-0.4, -0.2) is 16.5 Å². The van der Waals surface area contributed by atoms with Gasteiger partial charge in [0.2, 0.25) is 0 Å². The Morgan fingerprint density at radius 1 is 1.41 bits per heavy atom. The molecule has 4 heteroatoms.